The summed E-state index contributed by atoms with van der Waals surface area (Å²) >= 11 is 0. The van der Waals surface area contributed by atoms with E-state index in [1.807, 2.05) is 24.3 Å². The van der Waals surface area contributed by atoms with Gasteiger partial charge in [-0.1, -0.05) is 24.3 Å². The maximum absolute atomic E-state index is 10.5. The van der Waals surface area contributed by atoms with Crippen LogP contribution in [0.5, 0.6) is 0 Å². The minimum atomic E-state index is -0.798. The van der Waals surface area contributed by atoms with Crippen LogP contribution >= 0.6 is 0 Å². The first kappa shape index (κ1) is 8.26. The maximum Gasteiger partial charge on any atom is 0.307 e. The fourth-order valence-corrected chi connectivity index (χ4v) is 1.40. The number of hydrogen-bond donors (Lipinski definition) is 1. The summed E-state index contributed by atoms with van der Waals surface area (Å²) in [5, 5.41) is 8.65. The molecule has 1 unspecified atom stereocenters. The van der Waals surface area contributed by atoms with E-state index in [2.05, 4.69) is 0 Å². The van der Waals surface area contributed by atoms with Gasteiger partial charge in [-0.25, -0.2) is 0 Å². The first-order valence-electron chi connectivity index (χ1n) is 4.18. The van der Waals surface area contributed by atoms with E-state index in [9.17, 15) is 4.79 Å². The standard InChI is InChI=1S/C10H10O3/c11-10(12)5-7-3-1-2-4-8(7)9-6-13-9/h1-4,9H,5-6H2,(H,11,12). The average molecular weight is 178 g/mol. The van der Waals surface area contributed by atoms with Crippen molar-refractivity contribution in [2.24, 2.45) is 0 Å². The first-order chi connectivity index (χ1) is 6.27. The molecule has 0 spiro atoms. The normalized spacial score (nSPS) is 19.8. The highest BCUT2D eigenvalue weighted by Crippen LogP contribution is 2.32. The third-order valence-corrected chi connectivity index (χ3v) is 2.08. The summed E-state index contributed by atoms with van der Waals surface area (Å²) in [6.45, 7) is 0.719. The fourth-order valence-electron chi connectivity index (χ4n) is 1.40. The zero-order valence-corrected chi connectivity index (χ0v) is 7.06. The van der Waals surface area contributed by atoms with Crippen LogP contribution in [0, 0.1) is 0 Å². The van der Waals surface area contributed by atoms with Crippen molar-refractivity contribution in [1.29, 1.82) is 0 Å². The molecule has 0 bridgehead atoms. The predicted octanol–water partition coefficient (Wildman–Crippen LogP) is 1.39. The number of carboxylic acids is 1. The van der Waals surface area contributed by atoms with Gasteiger partial charge >= 0.3 is 5.97 Å². The highest BCUT2D eigenvalue weighted by atomic mass is 16.6. The molecule has 1 saturated heterocycles. The largest absolute Gasteiger partial charge is 0.481 e. The second kappa shape index (κ2) is 3.18. The Kier molecular flexibility index (Phi) is 2.02. The minimum Gasteiger partial charge on any atom is -0.481 e. The smallest absolute Gasteiger partial charge is 0.307 e. The lowest BCUT2D eigenvalue weighted by atomic mass is 10.0. The van der Waals surface area contributed by atoms with E-state index in [0.29, 0.717) is 0 Å². The summed E-state index contributed by atoms with van der Waals surface area (Å²) in [6.07, 6.45) is 0.214. The number of hydrogen-bond acceptors (Lipinski definition) is 2. The van der Waals surface area contributed by atoms with Crippen molar-refractivity contribution in [2.75, 3.05) is 6.61 Å². The lowest BCUT2D eigenvalue weighted by Gasteiger charge is -2.03. The Hall–Kier alpha value is -1.35. The first-order valence-corrected chi connectivity index (χ1v) is 4.18. The summed E-state index contributed by atoms with van der Waals surface area (Å²) in [7, 11) is 0. The summed E-state index contributed by atoms with van der Waals surface area (Å²) in [5.41, 5.74) is 1.88. The molecule has 2 rings (SSSR count). The van der Waals surface area contributed by atoms with Gasteiger partial charge in [-0.05, 0) is 11.1 Å². The number of carbonyl (C=O) groups is 1. The third kappa shape index (κ3) is 1.87. The van der Waals surface area contributed by atoms with Crippen molar-refractivity contribution < 1.29 is 14.6 Å². The van der Waals surface area contributed by atoms with Crippen molar-refractivity contribution >= 4 is 5.97 Å². The Balaban J connectivity index is 2.26. The van der Waals surface area contributed by atoms with Crippen molar-refractivity contribution in [2.45, 2.75) is 12.5 Å². The highest BCUT2D eigenvalue weighted by molar-refractivity contribution is 5.70. The summed E-state index contributed by atoms with van der Waals surface area (Å²) in [4.78, 5) is 10.5. The third-order valence-electron chi connectivity index (χ3n) is 2.08. The van der Waals surface area contributed by atoms with Gasteiger partial charge in [0.15, 0.2) is 0 Å². The quantitative estimate of drug-likeness (QED) is 0.711. The maximum atomic E-state index is 10.5. The van der Waals surface area contributed by atoms with Gasteiger partial charge in [-0.2, -0.15) is 0 Å². The predicted molar refractivity (Wildman–Crippen MR) is 46.5 cm³/mol. The molecular formula is C10H10O3. The van der Waals surface area contributed by atoms with Crippen molar-refractivity contribution in [1.82, 2.24) is 0 Å². The second-order valence-electron chi connectivity index (χ2n) is 3.09. The molecule has 3 heteroatoms. The van der Waals surface area contributed by atoms with Crippen LogP contribution in [0.25, 0.3) is 0 Å². The molecule has 1 aromatic rings. The molecule has 0 radical (unpaired) electrons. The van der Waals surface area contributed by atoms with Crippen LogP contribution < -0.4 is 0 Å². The van der Waals surface area contributed by atoms with Crippen LogP contribution in [0.2, 0.25) is 0 Å². The van der Waals surface area contributed by atoms with E-state index in [4.69, 9.17) is 9.84 Å². The highest BCUT2D eigenvalue weighted by Gasteiger charge is 2.27. The van der Waals surface area contributed by atoms with Gasteiger partial charge in [0.05, 0.1) is 13.0 Å². The number of benzene rings is 1. The number of rotatable bonds is 3. The van der Waals surface area contributed by atoms with Gasteiger partial charge in [0, 0.05) is 0 Å². The molecule has 1 heterocycles. The molecule has 1 aromatic carbocycles. The molecular weight excluding hydrogens is 168 g/mol. The lowest BCUT2D eigenvalue weighted by Crippen LogP contribution is -2.02. The molecule has 1 aliphatic heterocycles. The second-order valence-corrected chi connectivity index (χ2v) is 3.09. The lowest BCUT2D eigenvalue weighted by molar-refractivity contribution is -0.136. The zero-order valence-electron chi connectivity index (χ0n) is 7.06. The Bertz CT molecular complexity index is 329. The molecule has 13 heavy (non-hydrogen) atoms. The molecule has 1 fully saturated rings. The van der Waals surface area contributed by atoms with Gasteiger partial charge in [0.2, 0.25) is 0 Å². The summed E-state index contributed by atoms with van der Waals surface area (Å²) in [6, 6.07) is 7.52. The van der Waals surface area contributed by atoms with Crippen LogP contribution in [0.1, 0.15) is 17.2 Å². The van der Waals surface area contributed by atoms with Gasteiger partial charge in [-0.3, -0.25) is 4.79 Å². The molecule has 0 amide bonds. The SMILES string of the molecule is O=C(O)Cc1ccccc1C1CO1. The average Bonchev–Trinajstić information content (AvgIpc) is 2.87. The molecule has 0 aliphatic carbocycles. The molecule has 1 N–H and O–H groups in total. The number of carboxylic acid groups (broad SMARTS) is 1. The van der Waals surface area contributed by atoms with E-state index in [1.165, 1.54) is 0 Å². The van der Waals surface area contributed by atoms with Crippen LogP contribution in [0.3, 0.4) is 0 Å². The Morgan fingerprint density at radius 2 is 2.23 bits per heavy atom. The van der Waals surface area contributed by atoms with Gasteiger partial charge < -0.3 is 9.84 Å². The van der Waals surface area contributed by atoms with Crippen molar-refractivity contribution in [3.8, 4) is 0 Å². The van der Waals surface area contributed by atoms with E-state index in [0.717, 1.165) is 17.7 Å². The van der Waals surface area contributed by atoms with Crippen LogP contribution in [-0.2, 0) is 16.0 Å². The molecule has 0 aromatic heterocycles. The minimum absolute atomic E-state index is 0.0794. The molecule has 68 valence electrons. The van der Waals surface area contributed by atoms with Gasteiger partial charge in [0.1, 0.15) is 6.10 Å². The van der Waals surface area contributed by atoms with Crippen LogP contribution in [0.4, 0.5) is 0 Å². The van der Waals surface area contributed by atoms with E-state index >= 15 is 0 Å². The number of aliphatic carboxylic acids is 1. The van der Waals surface area contributed by atoms with Crippen LogP contribution in [0.15, 0.2) is 24.3 Å². The van der Waals surface area contributed by atoms with Crippen LogP contribution in [-0.4, -0.2) is 17.7 Å². The van der Waals surface area contributed by atoms with Gasteiger partial charge in [0.25, 0.3) is 0 Å². The fraction of sp³-hybridized carbons (Fsp3) is 0.300. The van der Waals surface area contributed by atoms with E-state index < -0.39 is 5.97 Å². The summed E-state index contributed by atoms with van der Waals surface area (Å²) < 4.78 is 5.12. The molecule has 0 saturated carbocycles. The van der Waals surface area contributed by atoms with Gasteiger partial charge in [-0.15, -0.1) is 0 Å². The molecule has 3 nitrogen and oxygen atoms in total. The molecule has 1 atom stereocenters. The monoisotopic (exact) mass is 178 g/mol. The summed E-state index contributed by atoms with van der Waals surface area (Å²) in [5.74, 6) is -0.798. The van der Waals surface area contributed by atoms with Crippen molar-refractivity contribution in [3.63, 3.8) is 0 Å². The molecule has 1 aliphatic rings. The Morgan fingerprint density at radius 1 is 1.54 bits per heavy atom. The zero-order chi connectivity index (χ0) is 9.26. The van der Waals surface area contributed by atoms with Crippen molar-refractivity contribution in [3.05, 3.63) is 35.4 Å². The Morgan fingerprint density at radius 3 is 2.85 bits per heavy atom. The number of ether oxygens (including phenoxy) is 1. The van der Waals surface area contributed by atoms with E-state index in [1.54, 1.807) is 0 Å². The van der Waals surface area contributed by atoms with E-state index in [-0.39, 0.29) is 12.5 Å². The topological polar surface area (TPSA) is 49.8 Å². The Labute approximate surface area is 76.0 Å². The number of epoxide rings is 1.